The minimum absolute atomic E-state index is 0.0215. The van der Waals surface area contributed by atoms with Crippen molar-refractivity contribution < 1.29 is 4.39 Å². The van der Waals surface area contributed by atoms with Crippen LogP contribution < -0.4 is 10.2 Å². The van der Waals surface area contributed by atoms with Crippen molar-refractivity contribution in [3.63, 3.8) is 0 Å². The molecule has 0 saturated carbocycles. The van der Waals surface area contributed by atoms with Gasteiger partial charge in [-0.1, -0.05) is 11.6 Å². The van der Waals surface area contributed by atoms with Crippen LogP contribution in [0.5, 0.6) is 0 Å². The smallest absolute Gasteiger partial charge is 0.125 e. The number of hydrogen-bond acceptors (Lipinski definition) is 2. The summed E-state index contributed by atoms with van der Waals surface area (Å²) in [7, 11) is 0. The molecule has 0 unspecified atom stereocenters. The van der Waals surface area contributed by atoms with E-state index in [1.165, 1.54) is 12.1 Å². The maximum Gasteiger partial charge on any atom is 0.125 e. The molecule has 1 aliphatic heterocycles. The summed E-state index contributed by atoms with van der Waals surface area (Å²) in [5.41, 5.74) is 0.906. The van der Waals surface area contributed by atoms with Crippen molar-refractivity contribution in [3.8, 4) is 0 Å². The molecule has 1 aliphatic rings. The number of nitrogens with zero attached hydrogens (tertiary/aromatic N) is 1. The topological polar surface area (TPSA) is 15.3 Å². The Hall–Kier alpha value is -0.320. The molecule has 2 rings (SSSR count). The molecule has 1 N–H and O–H groups in total. The maximum absolute atomic E-state index is 13.3. The highest BCUT2D eigenvalue weighted by Gasteiger charge is 2.26. The molecule has 1 aromatic carbocycles. The molecule has 100 valence electrons. The van der Waals surface area contributed by atoms with Gasteiger partial charge < -0.3 is 10.2 Å². The first-order valence-corrected chi connectivity index (χ1v) is 7.21. The van der Waals surface area contributed by atoms with E-state index >= 15 is 0 Å². The van der Waals surface area contributed by atoms with Gasteiger partial charge in [-0.2, -0.15) is 0 Å². The van der Waals surface area contributed by atoms with Crippen LogP contribution in [0.15, 0.2) is 16.6 Å². The van der Waals surface area contributed by atoms with Gasteiger partial charge >= 0.3 is 0 Å². The van der Waals surface area contributed by atoms with E-state index in [-0.39, 0.29) is 11.4 Å². The molecule has 0 aromatic heterocycles. The fraction of sp³-hybridized carbons (Fsp3) is 0.538. The monoisotopic (exact) mass is 334 g/mol. The molecule has 0 atom stereocenters. The van der Waals surface area contributed by atoms with Gasteiger partial charge in [0, 0.05) is 23.1 Å². The van der Waals surface area contributed by atoms with E-state index in [1.54, 1.807) is 0 Å². The summed E-state index contributed by atoms with van der Waals surface area (Å²) in [6.07, 6.45) is 1.05. The van der Waals surface area contributed by atoms with Crippen LogP contribution in [0.4, 0.5) is 10.1 Å². The zero-order valence-corrected chi connectivity index (χ0v) is 12.9. The summed E-state index contributed by atoms with van der Waals surface area (Å²) in [4.78, 5) is 2.21. The van der Waals surface area contributed by atoms with Crippen LogP contribution in [0.1, 0.15) is 20.3 Å². The van der Waals surface area contributed by atoms with Crippen molar-refractivity contribution in [2.24, 2.45) is 0 Å². The van der Waals surface area contributed by atoms with Gasteiger partial charge in [-0.3, -0.25) is 0 Å². The van der Waals surface area contributed by atoms with Crippen LogP contribution in [-0.2, 0) is 0 Å². The molecule has 1 aromatic rings. The van der Waals surface area contributed by atoms with E-state index in [2.05, 4.69) is 40.0 Å². The van der Waals surface area contributed by atoms with Crippen molar-refractivity contribution in [1.29, 1.82) is 0 Å². The molecule has 0 aliphatic carbocycles. The summed E-state index contributed by atoms with van der Waals surface area (Å²) in [6.45, 7) is 7.07. The minimum atomic E-state index is -0.317. The minimum Gasteiger partial charge on any atom is -0.368 e. The van der Waals surface area contributed by atoms with Crippen LogP contribution in [0.25, 0.3) is 0 Å². The third-order valence-electron chi connectivity index (χ3n) is 3.09. The van der Waals surface area contributed by atoms with Crippen molar-refractivity contribution in [2.75, 3.05) is 24.5 Å². The van der Waals surface area contributed by atoms with E-state index in [4.69, 9.17) is 11.6 Å². The van der Waals surface area contributed by atoms with Crippen molar-refractivity contribution in [1.82, 2.24) is 5.32 Å². The SMILES string of the molecule is CC1(C)CN(c2c(Cl)cc(F)cc2Br)CCCN1. The Morgan fingerprint density at radius 2 is 2.17 bits per heavy atom. The number of rotatable bonds is 1. The quantitative estimate of drug-likeness (QED) is 0.839. The number of hydrogen-bond donors (Lipinski definition) is 1. The third kappa shape index (κ3) is 3.16. The highest BCUT2D eigenvalue weighted by atomic mass is 79.9. The fourth-order valence-electron chi connectivity index (χ4n) is 2.34. The van der Waals surface area contributed by atoms with Crippen molar-refractivity contribution in [3.05, 3.63) is 27.4 Å². The van der Waals surface area contributed by atoms with E-state index in [1.807, 2.05) is 0 Å². The summed E-state index contributed by atoms with van der Waals surface area (Å²) in [6, 6.07) is 2.83. The van der Waals surface area contributed by atoms with Gasteiger partial charge in [0.2, 0.25) is 0 Å². The van der Waals surface area contributed by atoms with Gasteiger partial charge in [0.15, 0.2) is 0 Å². The first-order chi connectivity index (χ1) is 8.39. The summed E-state index contributed by atoms with van der Waals surface area (Å²) in [5.74, 6) is -0.317. The Kier molecular flexibility index (Phi) is 4.19. The second-order valence-corrected chi connectivity index (χ2v) is 6.57. The molecule has 18 heavy (non-hydrogen) atoms. The maximum atomic E-state index is 13.3. The van der Waals surface area contributed by atoms with E-state index in [0.717, 1.165) is 31.7 Å². The standard InChI is InChI=1S/C13H17BrClFN2/c1-13(2)8-18(5-3-4-17-13)12-10(14)6-9(16)7-11(12)15/h6-7,17H,3-5,8H2,1-2H3. The average Bonchev–Trinajstić information content (AvgIpc) is 2.37. The van der Waals surface area contributed by atoms with Crippen molar-refractivity contribution in [2.45, 2.75) is 25.8 Å². The summed E-state index contributed by atoms with van der Waals surface area (Å²) >= 11 is 9.59. The molecule has 2 nitrogen and oxygen atoms in total. The predicted octanol–water partition coefficient (Wildman–Crippen LogP) is 3.82. The molecule has 1 saturated heterocycles. The molecule has 1 fully saturated rings. The molecule has 5 heteroatoms. The summed E-state index contributed by atoms with van der Waals surface area (Å²) < 4.78 is 14.0. The summed E-state index contributed by atoms with van der Waals surface area (Å²) in [5, 5.41) is 3.95. The van der Waals surface area contributed by atoms with Gasteiger partial charge in [-0.15, -0.1) is 0 Å². The average molecular weight is 336 g/mol. The van der Waals surface area contributed by atoms with Crippen LogP contribution in [0, 0.1) is 5.82 Å². The lowest BCUT2D eigenvalue weighted by Crippen LogP contribution is -2.46. The van der Waals surface area contributed by atoms with Gasteiger partial charge in [0.25, 0.3) is 0 Å². The third-order valence-corrected chi connectivity index (χ3v) is 3.99. The van der Waals surface area contributed by atoms with E-state index in [9.17, 15) is 4.39 Å². The molecule has 1 heterocycles. The Morgan fingerprint density at radius 3 is 2.83 bits per heavy atom. The first kappa shape index (κ1) is 14.1. The zero-order chi connectivity index (χ0) is 13.3. The second kappa shape index (κ2) is 5.35. The molecule has 0 bridgehead atoms. The van der Waals surface area contributed by atoms with Gasteiger partial charge in [-0.25, -0.2) is 4.39 Å². The fourth-order valence-corrected chi connectivity index (χ4v) is 3.46. The highest BCUT2D eigenvalue weighted by molar-refractivity contribution is 9.10. The van der Waals surface area contributed by atoms with Crippen LogP contribution in [0.3, 0.4) is 0 Å². The van der Waals surface area contributed by atoms with Crippen LogP contribution in [0.2, 0.25) is 5.02 Å². The lowest BCUT2D eigenvalue weighted by molar-refractivity contribution is 0.416. The molecular formula is C13H17BrClFN2. The Labute approximate surface area is 121 Å². The van der Waals surface area contributed by atoms with E-state index < -0.39 is 0 Å². The zero-order valence-electron chi connectivity index (χ0n) is 10.6. The van der Waals surface area contributed by atoms with Crippen molar-refractivity contribution >= 4 is 33.2 Å². The molecule has 0 spiro atoms. The van der Waals surface area contributed by atoms with Gasteiger partial charge in [0.05, 0.1) is 10.7 Å². The Balaban J connectivity index is 2.35. The van der Waals surface area contributed by atoms with Crippen LogP contribution >= 0.6 is 27.5 Å². The number of nitrogens with one attached hydrogen (secondary N) is 1. The highest BCUT2D eigenvalue weighted by Crippen LogP contribution is 2.36. The Bertz CT molecular complexity index is 428. The molecule has 0 amide bonds. The number of halogens is 3. The van der Waals surface area contributed by atoms with Crippen LogP contribution in [-0.4, -0.2) is 25.2 Å². The number of benzene rings is 1. The van der Waals surface area contributed by atoms with Gasteiger partial charge in [-0.05, 0) is 54.9 Å². The lowest BCUT2D eigenvalue weighted by Gasteiger charge is -2.32. The molecular weight excluding hydrogens is 319 g/mol. The first-order valence-electron chi connectivity index (χ1n) is 6.03. The largest absolute Gasteiger partial charge is 0.368 e. The number of anilines is 1. The normalized spacial score (nSPS) is 19.7. The predicted molar refractivity (Wildman–Crippen MR) is 78.0 cm³/mol. The molecule has 0 radical (unpaired) electrons. The second-order valence-electron chi connectivity index (χ2n) is 5.30. The lowest BCUT2D eigenvalue weighted by atomic mass is 10.1. The Morgan fingerprint density at radius 1 is 1.44 bits per heavy atom. The van der Waals surface area contributed by atoms with Gasteiger partial charge in [0.1, 0.15) is 5.82 Å². The van der Waals surface area contributed by atoms with E-state index in [0.29, 0.717) is 9.50 Å².